The number of ether oxygens (including phenoxy) is 1. The number of carboxylic acid groups (broad SMARTS) is 1. The molecule has 0 fully saturated rings. The summed E-state index contributed by atoms with van der Waals surface area (Å²) in [7, 11) is -2.34. The number of carbonyl (C=O) groups is 1. The molecular weight excluding hydrogens is 428 g/mol. The van der Waals surface area contributed by atoms with Gasteiger partial charge in [0.2, 0.25) is 10.0 Å². The summed E-state index contributed by atoms with van der Waals surface area (Å²) in [4.78, 5) is 11.3. The number of sulfonamides is 1. The molecule has 0 saturated heterocycles. The van der Waals surface area contributed by atoms with E-state index in [2.05, 4.69) is 10.0 Å². The maximum Gasteiger partial charge on any atom is 0.335 e. The van der Waals surface area contributed by atoms with Gasteiger partial charge in [-0.1, -0.05) is 42.5 Å². The Hall–Kier alpha value is -3.36. The van der Waals surface area contributed by atoms with Gasteiger partial charge in [0.25, 0.3) is 0 Å². The van der Waals surface area contributed by atoms with Gasteiger partial charge in [0.1, 0.15) is 10.6 Å². The lowest BCUT2D eigenvalue weighted by molar-refractivity contribution is 0.0696. The molecule has 168 valence electrons. The molecule has 3 rings (SSSR count). The number of methoxy groups -OCH3 is 1. The maximum absolute atomic E-state index is 13.0. The molecule has 0 radical (unpaired) electrons. The summed E-state index contributed by atoms with van der Waals surface area (Å²) in [6.07, 6.45) is 1.19. The number of anilines is 1. The van der Waals surface area contributed by atoms with Crippen molar-refractivity contribution in [3.05, 3.63) is 89.5 Å². The number of aromatic carboxylic acids is 1. The summed E-state index contributed by atoms with van der Waals surface area (Å²) in [6.45, 7) is 0.681. The zero-order valence-electron chi connectivity index (χ0n) is 17.7. The first kappa shape index (κ1) is 23.3. The third kappa shape index (κ3) is 6.32. The summed E-state index contributed by atoms with van der Waals surface area (Å²) in [6, 6.07) is 21.2. The van der Waals surface area contributed by atoms with Gasteiger partial charge in [-0.05, 0) is 54.3 Å². The standard InChI is InChI=1S/C24H26N2O5S/c1-31-21-10-7-19(8-11-21)14-16-26-32(29,30)23-17-20(24(27)28)9-12-22(23)25-15-13-18-5-3-2-4-6-18/h2-12,17,25-26H,13-16H2,1H3,(H,27,28). The second-order valence-corrected chi connectivity index (χ2v) is 8.91. The van der Waals surface area contributed by atoms with E-state index in [9.17, 15) is 18.3 Å². The molecule has 8 heteroatoms. The van der Waals surface area contributed by atoms with Crippen molar-refractivity contribution in [2.24, 2.45) is 0 Å². The molecule has 0 spiro atoms. The summed E-state index contributed by atoms with van der Waals surface area (Å²) in [5, 5.41) is 12.4. The van der Waals surface area contributed by atoms with Crippen LogP contribution in [0.4, 0.5) is 5.69 Å². The fraction of sp³-hybridized carbons (Fsp3) is 0.208. The van der Waals surface area contributed by atoms with E-state index in [4.69, 9.17) is 4.74 Å². The molecule has 0 amide bonds. The van der Waals surface area contributed by atoms with Gasteiger partial charge in [-0.15, -0.1) is 0 Å². The van der Waals surface area contributed by atoms with Crippen molar-refractivity contribution < 1.29 is 23.1 Å². The summed E-state index contributed by atoms with van der Waals surface area (Å²) >= 11 is 0. The molecule has 3 N–H and O–H groups in total. The SMILES string of the molecule is COc1ccc(CCNS(=O)(=O)c2cc(C(=O)O)ccc2NCCc2ccccc2)cc1. The Morgan fingerprint density at radius 3 is 2.22 bits per heavy atom. The fourth-order valence-electron chi connectivity index (χ4n) is 3.21. The number of nitrogens with one attached hydrogen (secondary N) is 2. The van der Waals surface area contributed by atoms with Gasteiger partial charge in [0.15, 0.2) is 0 Å². The molecule has 3 aromatic rings. The lowest BCUT2D eigenvalue weighted by atomic mass is 10.1. The Morgan fingerprint density at radius 1 is 0.906 bits per heavy atom. The van der Waals surface area contributed by atoms with E-state index in [1.807, 2.05) is 54.6 Å². The highest BCUT2D eigenvalue weighted by Crippen LogP contribution is 2.23. The first-order valence-electron chi connectivity index (χ1n) is 10.2. The van der Waals surface area contributed by atoms with E-state index < -0.39 is 16.0 Å². The van der Waals surface area contributed by atoms with Crippen molar-refractivity contribution in [3.8, 4) is 5.75 Å². The summed E-state index contributed by atoms with van der Waals surface area (Å²) in [5.74, 6) is -0.457. The largest absolute Gasteiger partial charge is 0.497 e. The van der Waals surface area contributed by atoms with Crippen LogP contribution in [0.15, 0.2) is 77.7 Å². The zero-order chi connectivity index (χ0) is 23.0. The Morgan fingerprint density at radius 2 is 1.56 bits per heavy atom. The highest BCUT2D eigenvalue weighted by Gasteiger charge is 2.20. The molecule has 0 aliphatic heterocycles. The van der Waals surface area contributed by atoms with Gasteiger partial charge >= 0.3 is 5.97 Å². The minimum atomic E-state index is -3.93. The van der Waals surface area contributed by atoms with Crippen LogP contribution in [0, 0.1) is 0 Å². The van der Waals surface area contributed by atoms with Crippen molar-refractivity contribution in [1.29, 1.82) is 0 Å². The third-order valence-corrected chi connectivity index (χ3v) is 6.46. The van der Waals surface area contributed by atoms with Crippen LogP contribution in [0.3, 0.4) is 0 Å². The molecule has 0 heterocycles. The maximum atomic E-state index is 13.0. The molecule has 32 heavy (non-hydrogen) atoms. The molecular formula is C24H26N2O5S. The van der Waals surface area contributed by atoms with Crippen LogP contribution < -0.4 is 14.8 Å². The molecule has 0 unspecified atom stereocenters. The highest BCUT2D eigenvalue weighted by atomic mass is 32.2. The number of hydrogen-bond donors (Lipinski definition) is 3. The topological polar surface area (TPSA) is 105 Å². The summed E-state index contributed by atoms with van der Waals surface area (Å²) < 4.78 is 33.7. The van der Waals surface area contributed by atoms with Crippen LogP contribution in [0.25, 0.3) is 0 Å². The first-order valence-corrected chi connectivity index (χ1v) is 11.6. The van der Waals surface area contributed by atoms with Crippen LogP contribution in [-0.2, 0) is 22.9 Å². The molecule has 0 aromatic heterocycles. The van der Waals surface area contributed by atoms with Crippen LogP contribution >= 0.6 is 0 Å². The number of carboxylic acids is 1. The van der Waals surface area contributed by atoms with E-state index in [-0.39, 0.29) is 17.0 Å². The Kier molecular flexibility index (Phi) is 7.86. The van der Waals surface area contributed by atoms with Crippen LogP contribution in [0.2, 0.25) is 0 Å². The van der Waals surface area contributed by atoms with Crippen molar-refractivity contribution in [1.82, 2.24) is 4.72 Å². The Bertz CT molecular complexity index is 1150. The lowest BCUT2D eigenvalue weighted by Gasteiger charge is -2.14. The smallest absolute Gasteiger partial charge is 0.335 e. The van der Waals surface area contributed by atoms with Gasteiger partial charge in [0, 0.05) is 13.1 Å². The monoisotopic (exact) mass is 454 g/mol. The molecule has 7 nitrogen and oxygen atoms in total. The molecule has 0 bridgehead atoms. The number of hydrogen-bond acceptors (Lipinski definition) is 5. The van der Waals surface area contributed by atoms with Gasteiger partial charge in [0.05, 0.1) is 18.4 Å². The predicted octanol–water partition coefficient (Wildman–Crippen LogP) is 3.57. The van der Waals surface area contributed by atoms with Crippen molar-refractivity contribution in [3.63, 3.8) is 0 Å². The minimum absolute atomic E-state index is 0.0832. The van der Waals surface area contributed by atoms with Crippen LogP contribution in [0.5, 0.6) is 5.75 Å². The highest BCUT2D eigenvalue weighted by molar-refractivity contribution is 7.89. The van der Waals surface area contributed by atoms with E-state index in [1.165, 1.54) is 18.2 Å². The third-order valence-electron chi connectivity index (χ3n) is 4.95. The average Bonchev–Trinajstić information content (AvgIpc) is 2.80. The second kappa shape index (κ2) is 10.8. The lowest BCUT2D eigenvalue weighted by Crippen LogP contribution is -2.27. The van der Waals surface area contributed by atoms with E-state index in [0.29, 0.717) is 25.1 Å². The van der Waals surface area contributed by atoms with Crippen molar-refractivity contribution in [2.45, 2.75) is 17.7 Å². The molecule has 0 aliphatic rings. The van der Waals surface area contributed by atoms with E-state index >= 15 is 0 Å². The predicted molar refractivity (Wildman–Crippen MR) is 124 cm³/mol. The fourth-order valence-corrected chi connectivity index (χ4v) is 4.45. The van der Waals surface area contributed by atoms with Gasteiger partial charge in [-0.2, -0.15) is 0 Å². The van der Waals surface area contributed by atoms with E-state index in [0.717, 1.165) is 16.9 Å². The van der Waals surface area contributed by atoms with Crippen molar-refractivity contribution in [2.75, 3.05) is 25.5 Å². The van der Waals surface area contributed by atoms with Crippen LogP contribution in [-0.4, -0.2) is 39.7 Å². The van der Waals surface area contributed by atoms with E-state index in [1.54, 1.807) is 7.11 Å². The second-order valence-electron chi connectivity index (χ2n) is 7.17. The first-order chi connectivity index (χ1) is 15.4. The summed E-state index contributed by atoms with van der Waals surface area (Å²) in [5.41, 5.74) is 2.34. The van der Waals surface area contributed by atoms with Crippen LogP contribution in [0.1, 0.15) is 21.5 Å². The number of rotatable bonds is 11. The Labute approximate surface area is 188 Å². The molecule has 3 aromatic carbocycles. The van der Waals surface area contributed by atoms with Gasteiger partial charge in [-0.25, -0.2) is 17.9 Å². The quantitative estimate of drug-likeness (QED) is 0.409. The average molecular weight is 455 g/mol. The van der Waals surface area contributed by atoms with Gasteiger partial charge in [-0.3, -0.25) is 0 Å². The van der Waals surface area contributed by atoms with Crippen molar-refractivity contribution >= 4 is 21.7 Å². The molecule has 0 aliphatic carbocycles. The number of benzene rings is 3. The normalized spacial score (nSPS) is 11.2. The van der Waals surface area contributed by atoms with Gasteiger partial charge < -0.3 is 15.2 Å². The minimum Gasteiger partial charge on any atom is -0.497 e. The molecule has 0 saturated carbocycles. The molecule has 0 atom stereocenters. The zero-order valence-corrected chi connectivity index (χ0v) is 18.6. The Balaban J connectivity index is 1.71.